The Morgan fingerprint density at radius 2 is 0.912 bits per heavy atom. The number of benzene rings is 2. The number of nitrogens with zero attached hydrogens (tertiary/aromatic N) is 4. The van der Waals surface area contributed by atoms with Gasteiger partial charge in [0.25, 0.3) is 0 Å². The number of hydrogen-bond acceptors (Lipinski definition) is 10. The van der Waals surface area contributed by atoms with Crippen LogP contribution in [0.4, 0.5) is 11.6 Å². The number of hydrogen-bond donors (Lipinski definition) is 2. The summed E-state index contributed by atoms with van der Waals surface area (Å²) in [7, 11) is 6.42. The first-order valence-electron chi connectivity index (χ1n) is 10.8. The highest BCUT2D eigenvalue weighted by molar-refractivity contribution is 5.93. The van der Waals surface area contributed by atoms with Gasteiger partial charge < -0.3 is 29.6 Å². The predicted molar refractivity (Wildman–Crippen MR) is 132 cm³/mol. The third-order valence-electron chi connectivity index (χ3n) is 5.34. The van der Waals surface area contributed by atoms with Gasteiger partial charge in [0.1, 0.15) is 23.3 Å². The van der Waals surface area contributed by atoms with Crippen molar-refractivity contribution in [1.82, 2.24) is 19.9 Å². The van der Waals surface area contributed by atoms with Crippen molar-refractivity contribution >= 4 is 33.4 Å². The van der Waals surface area contributed by atoms with E-state index in [4.69, 9.17) is 18.9 Å². The van der Waals surface area contributed by atoms with E-state index in [1.807, 2.05) is 38.1 Å². The first-order chi connectivity index (χ1) is 16.5. The Balaban J connectivity index is 1.56. The predicted octanol–water partition coefficient (Wildman–Crippen LogP) is 3.75. The maximum Gasteiger partial charge on any atom is 0.162 e. The Hall–Kier alpha value is -4.08. The standard InChI is InChI=1S/C24H28N6O4/c1-13-27-17-11-21(33-5)19(31-3)9-15(17)23(29-13)25-7-8-26-24-16-10-20(32-4)22(34-6)12-18(16)28-14(2)30-24/h9-12H,7-8H2,1-6H3,(H,25,27,29)(H,26,28,30). The van der Waals surface area contributed by atoms with Crippen LogP contribution in [-0.4, -0.2) is 61.5 Å². The lowest BCUT2D eigenvalue weighted by Gasteiger charge is -2.15. The molecule has 0 spiro atoms. The van der Waals surface area contributed by atoms with Crippen LogP contribution in [0.3, 0.4) is 0 Å². The molecule has 2 aromatic carbocycles. The van der Waals surface area contributed by atoms with Gasteiger partial charge in [-0.2, -0.15) is 0 Å². The minimum Gasteiger partial charge on any atom is -0.493 e. The molecule has 0 radical (unpaired) electrons. The summed E-state index contributed by atoms with van der Waals surface area (Å²) >= 11 is 0. The molecule has 4 rings (SSSR count). The molecule has 0 saturated carbocycles. The third-order valence-corrected chi connectivity index (χ3v) is 5.34. The van der Waals surface area contributed by atoms with Gasteiger partial charge in [0.15, 0.2) is 23.0 Å². The molecule has 2 aromatic heterocycles. The number of rotatable bonds is 9. The fourth-order valence-electron chi connectivity index (χ4n) is 3.77. The minimum absolute atomic E-state index is 0.595. The molecule has 0 aliphatic rings. The number of methoxy groups -OCH3 is 4. The molecule has 0 bridgehead atoms. The first kappa shape index (κ1) is 23.1. The van der Waals surface area contributed by atoms with Crippen molar-refractivity contribution in [2.75, 3.05) is 52.2 Å². The van der Waals surface area contributed by atoms with E-state index in [-0.39, 0.29) is 0 Å². The van der Waals surface area contributed by atoms with E-state index in [2.05, 4.69) is 30.6 Å². The lowest BCUT2D eigenvalue weighted by Crippen LogP contribution is -2.16. The summed E-state index contributed by atoms with van der Waals surface area (Å²) in [5.74, 6) is 5.26. The van der Waals surface area contributed by atoms with E-state index < -0.39 is 0 Å². The Morgan fingerprint density at radius 3 is 1.26 bits per heavy atom. The fourth-order valence-corrected chi connectivity index (χ4v) is 3.77. The van der Waals surface area contributed by atoms with E-state index in [0.717, 1.165) is 33.4 Å². The Kier molecular flexibility index (Phi) is 6.67. The normalized spacial score (nSPS) is 10.9. The second kappa shape index (κ2) is 9.82. The number of ether oxygens (including phenoxy) is 4. The average Bonchev–Trinajstić information content (AvgIpc) is 2.84. The van der Waals surface area contributed by atoms with E-state index in [0.29, 0.717) is 47.7 Å². The van der Waals surface area contributed by atoms with Crippen LogP contribution >= 0.6 is 0 Å². The van der Waals surface area contributed by atoms with Gasteiger partial charge in [-0.05, 0) is 26.0 Å². The van der Waals surface area contributed by atoms with Crippen LogP contribution in [0.2, 0.25) is 0 Å². The fraction of sp³-hybridized carbons (Fsp3) is 0.333. The summed E-state index contributed by atoms with van der Waals surface area (Å²) in [6.45, 7) is 4.91. The van der Waals surface area contributed by atoms with E-state index in [1.54, 1.807) is 28.4 Å². The van der Waals surface area contributed by atoms with Gasteiger partial charge in [0.2, 0.25) is 0 Å². The SMILES string of the molecule is COc1cc2nc(C)nc(NCCNc3nc(C)nc4cc(OC)c(OC)cc34)c2cc1OC. The first-order valence-corrected chi connectivity index (χ1v) is 10.8. The maximum absolute atomic E-state index is 5.45. The van der Waals surface area contributed by atoms with Gasteiger partial charge in [0.05, 0.1) is 39.5 Å². The van der Waals surface area contributed by atoms with Crippen molar-refractivity contribution < 1.29 is 18.9 Å². The molecule has 0 amide bonds. The molecule has 2 heterocycles. The number of fused-ring (bicyclic) bond motifs is 2. The number of aromatic nitrogens is 4. The van der Waals surface area contributed by atoms with Crippen molar-refractivity contribution in [3.63, 3.8) is 0 Å². The van der Waals surface area contributed by atoms with Crippen molar-refractivity contribution in [2.45, 2.75) is 13.8 Å². The highest BCUT2D eigenvalue weighted by atomic mass is 16.5. The van der Waals surface area contributed by atoms with Crippen LogP contribution in [0.15, 0.2) is 24.3 Å². The van der Waals surface area contributed by atoms with E-state index in [9.17, 15) is 0 Å². The van der Waals surface area contributed by atoms with Gasteiger partial charge in [-0.3, -0.25) is 0 Å². The van der Waals surface area contributed by atoms with Crippen LogP contribution in [0.5, 0.6) is 23.0 Å². The molecule has 0 fully saturated rings. The Morgan fingerprint density at radius 1 is 0.559 bits per heavy atom. The maximum atomic E-state index is 5.45. The third kappa shape index (κ3) is 4.52. The lowest BCUT2D eigenvalue weighted by molar-refractivity contribution is 0.356. The van der Waals surface area contributed by atoms with Crippen molar-refractivity contribution in [3.05, 3.63) is 35.9 Å². The van der Waals surface area contributed by atoms with Crippen LogP contribution in [0, 0.1) is 13.8 Å². The van der Waals surface area contributed by atoms with E-state index in [1.165, 1.54) is 0 Å². The zero-order valence-corrected chi connectivity index (χ0v) is 20.1. The molecule has 0 saturated heterocycles. The van der Waals surface area contributed by atoms with Crippen molar-refractivity contribution in [3.8, 4) is 23.0 Å². The van der Waals surface area contributed by atoms with Gasteiger partial charge in [-0.15, -0.1) is 0 Å². The van der Waals surface area contributed by atoms with Gasteiger partial charge in [-0.1, -0.05) is 0 Å². The van der Waals surface area contributed by atoms with Crippen molar-refractivity contribution in [1.29, 1.82) is 0 Å². The molecule has 178 valence electrons. The van der Waals surface area contributed by atoms with Crippen LogP contribution in [0.1, 0.15) is 11.6 Å². The molecular weight excluding hydrogens is 436 g/mol. The van der Waals surface area contributed by atoms with Crippen LogP contribution < -0.4 is 29.6 Å². The number of nitrogens with one attached hydrogen (secondary N) is 2. The Bertz CT molecular complexity index is 1240. The summed E-state index contributed by atoms with van der Waals surface area (Å²) < 4.78 is 21.7. The van der Waals surface area contributed by atoms with E-state index >= 15 is 0 Å². The monoisotopic (exact) mass is 464 g/mol. The van der Waals surface area contributed by atoms with Crippen molar-refractivity contribution in [2.24, 2.45) is 0 Å². The topological polar surface area (TPSA) is 113 Å². The smallest absolute Gasteiger partial charge is 0.162 e. The zero-order chi connectivity index (χ0) is 24.2. The molecule has 34 heavy (non-hydrogen) atoms. The second-order valence-corrected chi connectivity index (χ2v) is 7.54. The van der Waals surface area contributed by atoms with Crippen LogP contribution in [-0.2, 0) is 0 Å². The highest BCUT2D eigenvalue weighted by Gasteiger charge is 2.14. The summed E-state index contributed by atoms with van der Waals surface area (Å²) in [4.78, 5) is 18.2. The van der Waals surface area contributed by atoms with Gasteiger partial charge >= 0.3 is 0 Å². The molecule has 0 unspecified atom stereocenters. The van der Waals surface area contributed by atoms with Gasteiger partial charge in [-0.25, -0.2) is 19.9 Å². The summed E-state index contributed by atoms with van der Waals surface area (Å²) in [6, 6.07) is 7.46. The second-order valence-electron chi connectivity index (χ2n) is 7.54. The molecule has 4 aromatic rings. The van der Waals surface area contributed by atoms with Crippen LogP contribution in [0.25, 0.3) is 21.8 Å². The molecule has 0 aliphatic heterocycles. The average molecular weight is 465 g/mol. The zero-order valence-electron chi connectivity index (χ0n) is 20.1. The molecule has 0 aliphatic carbocycles. The Labute approximate surface area is 197 Å². The summed E-state index contributed by atoms with van der Waals surface area (Å²) in [5.41, 5.74) is 1.55. The molecule has 10 heteroatoms. The number of anilines is 2. The quantitative estimate of drug-likeness (QED) is 0.355. The summed E-state index contributed by atoms with van der Waals surface area (Å²) in [6.07, 6.45) is 0. The molecule has 0 atom stereocenters. The minimum atomic E-state index is 0.595. The molecular formula is C24H28N6O4. The number of aryl methyl sites for hydroxylation is 2. The lowest BCUT2D eigenvalue weighted by atomic mass is 10.2. The largest absolute Gasteiger partial charge is 0.493 e. The summed E-state index contributed by atoms with van der Waals surface area (Å²) in [5, 5.41) is 8.49. The van der Waals surface area contributed by atoms with Gasteiger partial charge in [0, 0.05) is 36.0 Å². The molecule has 10 nitrogen and oxygen atoms in total. The molecule has 2 N–H and O–H groups in total. The highest BCUT2D eigenvalue weighted by Crippen LogP contribution is 2.35.